The number of aromatic nitrogens is 3. The standard InChI is InChI=1S/C15H28N4O2/c1-4-21-15(5-7-20-8-6-15)13(16)9-14-17-11-18-19(14)10-12(2)3/h11-13H,4-10,16H2,1-3H3. The molecule has 1 aliphatic heterocycles. The molecule has 1 saturated heterocycles. The number of hydrogen-bond acceptors (Lipinski definition) is 5. The molecule has 2 rings (SSSR count). The highest BCUT2D eigenvalue weighted by Gasteiger charge is 2.39. The average molecular weight is 296 g/mol. The van der Waals surface area contributed by atoms with Crippen LogP contribution in [0.1, 0.15) is 39.4 Å². The van der Waals surface area contributed by atoms with Crippen molar-refractivity contribution in [2.45, 2.75) is 58.2 Å². The highest BCUT2D eigenvalue weighted by atomic mass is 16.5. The average Bonchev–Trinajstić information content (AvgIpc) is 2.86. The lowest BCUT2D eigenvalue weighted by atomic mass is 9.84. The molecule has 0 amide bonds. The molecule has 0 aromatic carbocycles. The van der Waals surface area contributed by atoms with Gasteiger partial charge in [-0.05, 0) is 12.8 Å². The third-order valence-electron chi connectivity index (χ3n) is 4.08. The summed E-state index contributed by atoms with van der Waals surface area (Å²) in [6, 6.07) is -0.0866. The molecular weight excluding hydrogens is 268 g/mol. The Hall–Kier alpha value is -0.980. The Labute approximate surface area is 127 Å². The summed E-state index contributed by atoms with van der Waals surface area (Å²) in [5.74, 6) is 1.48. The van der Waals surface area contributed by atoms with E-state index < -0.39 is 0 Å². The molecule has 1 aromatic heterocycles. The summed E-state index contributed by atoms with van der Waals surface area (Å²) >= 11 is 0. The quantitative estimate of drug-likeness (QED) is 0.823. The Kier molecular flexibility index (Phi) is 5.72. The van der Waals surface area contributed by atoms with Crippen molar-refractivity contribution in [2.24, 2.45) is 11.7 Å². The zero-order chi connectivity index (χ0) is 15.3. The Balaban J connectivity index is 2.08. The predicted molar refractivity (Wildman–Crippen MR) is 80.9 cm³/mol. The predicted octanol–water partition coefficient (Wildman–Crippen LogP) is 1.39. The van der Waals surface area contributed by atoms with Crippen LogP contribution in [0.5, 0.6) is 0 Å². The van der Waals surface area contributed by atoms with Crippen LogP contribution in [-0.4, -0.2) is 46.2 Å². The fourth-order valence-electron chi connectivity index (χ4n) is 2.95. The van der Waals surface area contributed by atoms with Gasteiger partial charge in [0.2, 0.25) is 0 Å². The van der Waals surface area contributed by atoms with Gasteiger partial charge in [-0.3, -0.25) is 0 Å². The maximum Gasteiger partial charge on any atom is 0.138 e. The van der Waals surface area contributed by atoms with Gasteiger partial charge in [0.25, 0.3) is 0 Å². The van der Waals surface area contributed by atoms with Crippen LogP contribution in [0, 0.1) is 5.92 Å². The molecule has 6 heteroatoms. The normalized spacial score (nSPS) is 19.9. The minimum absolute atomic E-state index is 0.0866. The van der Waals surface area contributed by atoms with Gasteiger partial charge in [0.15, 0.2) is 0 Å². The molecule has 120 valence electrons. The molecule has 6 nitrogen and oxygen atoms in total. The fraction of sp³-hybridized carbons (Fsp3) is 0.867. The highest BCUT2D eigenvalue weighted by Crippen LogP contribution is 2.29. The summed E-state index contributed by atoms with van der Waals surface area (Å²) in [5, 5.41) is 4.31. The number of nitrogens with two attached hydrogens (primary N) is 1. The molecule has 0 radical (unpaired) electrons. The summed E-state index contributed by atoms with van der Waals surface area (Å²) in [6.07, 6.45) is 4.00. The first-order valence-electron chi connectivity index (χ1n) is 7.91. The van der Waals surface area contributed by atoms with Crippen molar-refractivity contribution in [3.8, 4) is 0 Å². The van der Waals surface area contributed by atoms with E-state index in [9.17, 15) is 0 Å². The summed E-state index contributed by atoms with van der Waals surface area (Å²) in [4.78, 5) is 4.38. The van der Waals surface area contributed by atoms with Gasteiger partial charge in [0, 0.05) is 51.7 Å². The summed E-state index contributed by atoms with van der Waals surface area (Å²) in [5.41, 5.74) is 6.21. The lowest BCUT2D eigenvalue weighted by Crippen LogP contribution is -2.54. The van der Waals surface area contributed by atoms with E-state index in [4.69, 9.17) is 15.2 Å². The Morgan fingerprint density at radius 1 is 1.43 bits per heavy atom. The minimum Gasteiger partial charge on any atom is -0.381 e. The van der Waals surface area contributed by atoms with Gasteiger partial charge in [0.1, 0.15) is 12.2 Å². The second kappa shape index (κ2) is 7.33. The van der Waals surface area contributed by atoms with Crippen LogP contribution >= 0.6 is 0 Å². The third kappa shape index (κ3) is 4.02. The first-order chi connectivity index (χ1) is 10.1. The molecule has 2 heterocycles. The first kappa shape index (κ1) is 16.4. The molecule has 0 bridgehead atoms. The van der Waals surface area contributed by atoms with E-state index in [2.05, 4.69) is 23.9 Å². The van der Waals surface area contributed by atoms with Gasteiger partial charge in [-0.25, -0.2) is 9.67 Å². The molecular formula is C15H28N4O2. The molecule has 1 unspecified atom stereocenters. The van der Waals surface area contributed by atoms with E-state index >= 15 is 0 Å². The molecule has 0 aliphatic carbocycles. The van der Waals surface area contributed by atoms with Crippen LogP contribution in [0.3, 0.4) is 0 Å². The zero-order valence-electron chi connectivity index (χ0n) is 13.4. The lowest BCUT2D eigenvalue weighted by Gasteiger charge is -2.41. The Morgan fingerprint density at radius 2 is 2.14 bits per heavy atom. The smallest absolute Gasteiger partial charge is 0.138 e. The van der Waals surface area contributed by atoms with E-state index in [1.54, 1.807) is 6.33 Å². The maximum atomic E-state index is 6.50. The summed E-state index contributed by atoms with van der Waals surface area (Å²) < 4.78 is 13.5. The monoisotopic (exact) mass is 296 g/mol. The van der Waals surface area contributed by atoms with Crippen LogP contribution in [0.2, 0.25) is 0 Å². The number of hydrogen-bond donors (Lipinski definition) is 1. The van der Waals surface area contributed by atoms with Crippen molar-refractivity contribution >= 4 is 0 Å². The van der Waals surface area contributed by atoms with Gasteiger partial charge in [-0.1, -0.05) is 13.8 Å². The number of rotatable bonds is 7. The van der Waals surface area contributed by atoms with Gasteiger partial charge in [-0.2, -0.15) is 5.10 Å². The molecule has 2 N–H and O–H groups in total. The third-order valence-corrected chi connectivity index (χ3v) is 4.08. The first-order valence-corrected chi connectivity index (χ1v) is 7.91. The van der Waals surface area contributed by atoms with Gasteiger partial charge in [0.05, 0.1) is 5.60 Å². The lowest BCUT2D eigenvalue weighted by molar-refractivity contribution is -0.120. The van der Waals surface area contributed by atoms with E-state index in [0.29, 0.717) is 32.2 Å². The fourth-order valence-corrected chi connectivity index (χ4v) is 2.95. The van der Waals surface area contributed by atoms with Crippen molar-refractivity contribution in [3.05, 3.63) is 12.2 Å². The summed E-state index contributed by atoms with van der Waals surface area (Å²) in [6.45, 7) is 9.33. The van der Waals surface area contributed by atoms with Gasteiger partial charge >= 0.3 is 0 Å². The van der Waals surface area contributed by atoms with E-state index in [1.807, 2.05) is 11.6 Å². The largest absolute Gasteiger partial charge is 0.381 e. The number of nitrogens with zero attached hydrogens (tertiary/aromatic N) is 3. The second-order valence-corrected chi connectivity index (χ2v) is 6.17. The van der Waals surface area contributed by atoms with Crippen LogP contribution < -0.4 is 5.73 Å². The van der Waals surface area contributed by atoms with Crippen LogP contribution in [0.15, 0.2) is 6.33 Å². The second-order valence-electron chi connectivity index (χ2n) is 6.17. The topological polar surface area (TPSA) is 75.2 Å². The molecule has 1 aromatic rings. The van der Waals surface area contributed by atoms with Gasteiger partial charge < -0.3 is 15.2 Å². The SMILES string of the molecule is CCOC1(C(N)Cc2ncnn2CC(C)C)CCOCC1. The van der Waals surface area contributed by atoms with Crippen LogP contribution in [0.4, 0.5) is 0 Å². The van der Waals surface area contributed by atoms with Crippen LogP contribution in [0.25, 0.3) is 0 Å². The van der Waals surface area contributed by atoms with Gasteiger partial charge in [-0.15, -0.1) is 0 Å². The van der Waals surface area contributed by atoms with Crippen LogP contribution in [-0.2, 0) is 22.4 Å². The van der Waals surface area contributed by atoms with Crippen molar-refractivity contribution in [2.75, 3.05) is 19.8 Å². The summed E-state index contributed by atoms with van der Waals surface area (Å²) in [7, 11) is 0. The number of ether oxygens (including phenoxy) is 2. The van der Waals surface area contributed by atoms with E-state index in [-0.39, 0.29) is 11.6 Å². The maximum absolute atomic E-state index is 6.50. The zero-order valence-corrected chi connectivity index (χ0v) is 13.4. The van der Waals surface area contributed by atoms with Crippen molar-refractivity contribution in [1.82, 2.24) is 14.8 Å². The van der Waals surface area contributed by atoms with E-state index in [1.165, 1.54) is 0 Å². The van der Waals surface area contributed by atoms with E-state index in [0.717, 1.165) is 25.2 Å². The highest BCUT2D eigenvalue weighted by molar-refractivity contribution is 5.00. The van der Waals surface area contributed by atoms with Crippen molar-refractivity contribution in [1.29, 1.82) is 0 Å². The Bertz CT molecular complexity index is 422. The molecule has 0 saturated carbocycles. The Morgan fingerprint density at radius 3 is 2.76 bits per heavy atom. The molecule has 1 atom stereocenters. The van der Waals surface area contributed by atoms with Crippen molar-refractivity contribution < 1.29 is 9.47 Å². The van der Waals surface area contributed by atoms with Crippen molar-refractivity contribution in [3.63, 3.8) is 0 Å². The molecule has 1 aliphatic rings. The minimum atomic E-state index is -0.290. The molecule has 0 spiro atoms. The molecule has 21 heavy (non-hydrogen) atoms. The molecule has 1 fully saturated rings.